The quantitative estimate of drug-likeness (QED) is 0.768. The Morgan fingerprint density at radius 2 is 1.62 bits per heavy atom. The van der Waals surface area contributed by atoms with Crippen LogP contribution >= 0.6 is 0 Å². The zero-order chi connectivity index (χ0) is 17.6. The van der Waals surface area contributed by atoms with Gasteiger partial charge in [0.15, 0.2) is 0 Å². The molecule has 1 unspecified atom stereocenters. The Bertz CT molecular complexity index is 770. The molecule has 2 aromatic rings. The summed E-state index contributed by atoms with van der Waals surface area (Å²) < 4.78 is 26.8. The minimum Gasteiger partial charge on any atom is -0.481 e. The second-order valence-corrected chi connectivity index (χ2v) is 7.49. The Balaban J connectivity index is 1.88. The Morgan fingerprint density at radius 1 is 1.04 bits per heavy atom. The Morgan fingerprint density at radius 3 is 2.21 bits per heavy atom. The maximum Gasteiger partial charge on any atom is 0.306 e. The predicted octanol–water partition coefficient (Wildman–Crippen LogP) is 2.47. The smallest absolute Gasteiger partial charge is 0.306 e. The summed E-state index contributed by atoms with van der Waals surface area (Å²) in [5, 5.41) is 8.92. The van der Waals surface area contributed by atoms with Gasteiger partial charge in [-0.2, -0.15) is 0 Å². The van der Waals surface area contributed by atoms with Crippen molar-refractivity contribution >= 4 is 16.0 Å². The average Bonchev–Trinajstić information content (AvgIpc) is 2.57. The number of hydrogen-bond acceptors (Lipinski definition) is 3. The van der Waals surface area contributed by atoms with Gasteiger partial charge in [0.2, 0.25) is 10.0 Å². The molecule has 6 heteroatoms. The number of hydrogen-bond donors (Lipinski definition) is 2. The van der Waals surface area contributed by atoms with Crippen LogP contribution in [-0.2, 0) is 27.7 Å². The Kier molecular flexibility index (Phi) is 6.11. The number of aliphatic carboxylic acids is 1. The monoisotopic (exact) mass is 347 g/mol. The SMILES string of the molecule is CC(Cc1ccc(CCNS(=O)(=O)c2ccccc2)cc1)C(=O)O. The summed E-state index contributed by atoms with van der Waals surface area (Å²) in [6.07, 6.45) is 1.05. The van der Waals surface area contributed by atoms with E-state index in [9.17, 15) is 13.2 Å². The molecule has 0 heterocycles. The average molecular weight is 347 g/mol. The summed E-state index contributed by atoms with van der Waals surface area (Å²) in [5.74, 6) is -1.23. The van der Waals surface area contributed by atoms with Crippen LogP contribution in [0.5, 0.6) is 0 Å². The number of sulfonamides is 1. The summed E-state index contributed by atoms with van der Waals surface area (Å²) in [7, 11) is -3.48. The highest BCUT2D eigenvalue weighted by Gasteiger charge is 2.13. The van der Waals surface area contributed by atoms with Crippen LogP contribution in [-0.4, -0.2) is 26.0 Å². The molecular weight excluding hydrogens is 326 g/mol. The van der Waals surface area contributed by atoms with E-state index in [1.807, 2.05) is 24.3 Å². The molecule has 2 N–H and O–H groups in total. The minimum atomic E-state index is -3.48. The largest absolute Gasteiger partial charge is 0.481 e. The lowest BCUT2D eigenvalue weighted by atomic mass is 10.00. The normalized spacial score (nSPS) is 12.7. The molecule has 0 aliphatic heterocycles. The lowest BCUT2D eigenvalue weighted by Gasteiger charge is -2.09. The lowest BCUT2D eigenvalue weighted by molar-refractivity contribution is -0.141. The first-order chi connectivity index (χ1) is 11.4. The second-order valence-electron chi connectivity index (χ2n) is 5.72. The highest BCUT2D eigenvalue weighted by atomic mass is 32.2. The van der Waals surface area contributed by atoms with E-state index < -0.39 is 21.9 Å². The standard InChI is InChI=1S/C18H21NO4S/c1-14(18(20)21)13-16-9-7-15(8-10-16)11-12-19-24(22,23)17-5-3-2-4-6-17/h2-10,14,19H,11-13H2,1H3,(H,20,21). The maximum atomic E-state index is 12.1. The van der Waals surface area contributed by atoms with Crippen molar-refractivity contribution in [3.8, 4) is 0 Å². The molecule has 0 fully saturated rings. The molecule has 0 aromatic heterocycles. The van der Waals surface area contributed by atoms with Crippen molar-refractivity contribution in [2.45, 2.75) is 24.7 Å². The van der Waals surface area contributed by atoms with Crippen LogP contribution in [0, 0.1) is 5.92 Å². The highest BCUT2D eigenvalue weighted by molar-refractivity contribution is 7.89. The summed E-state index contributed by atoms with van der Waals surface area (Å²) in [6, 6.07) is 15.8. The van der Waals surface area contributed by atoms with E-state index in [0.717, 1.165) is 11.1 Å². The molecule has 24 heavy (non-hydrogen) atoms. The van der Waals surface area contributed by atoms with Crippen molar-refractivity contribution < 1.29 is 18.3 Å². The Labute approximate surface area is 142 Å². The topological polar surface area (TPSA) is 83.5 Å². The van der Waals surface area contributed by atoms with Crippen LogP contribution in [0.1, 0.15) is 18.1 Å². The van der Waals surface area contributed by atoms with E-state index in [-0.39, 0.29) is 4.90 Å². The first kappa shape index (κ1) is 18.2. The summed E-state index contributed by atoms with van der Waals surface area (Å²) in [4.78, 5) is 11.1. The van der Waals surface area contributed by atoms with Gasteiger partial charge in [-0.1, -0.05) is 49.4 Å². The van der Waals surface area contributed by atoms with Crippen LogP contribution in [0.15, 0.2) is 59.5 Å². The van der Waals surface area contributed by atoms with Gasteiger partial charge in [0.25, 0.3) is 0 Å². The zero-order valence-electron chi connectivity index (χ0n) is 13.5. The minimum absolute atomic E-state index is 0.253. The highest BCUT2D eigenvalue weighted by Crippen LogP contribution is 2.11. The van der Waals surface area contributed by atoms with E-state index in [2.05, 4.69) is 4.72 Å². The van der Waals surface area contributed by atoms with Crippen molar-refractivity contribution in [3.63, 3.8) is 0 Å². The molecule has 0 amide bonds. The van der Waals surface area contributed by atoms with Crippen molar-refractivity contribution in [2.75, 3.05) is 6.54 Å². The van der Waals surface area contributed by atoms with Crippen LogP contribution in [0.4, 0.5) is 0 Å². The zero-order valence-corrected chi connectivity index (χ0v) is 14.3. The van der Waals surface area contributed by atoms with Crippen molar-refractivity contribution in [1.29, 1.82) is 0 Å². The molecule has 0 saturated heterocycles. The van der Waals surface area contributed by atoms with E-state index in [1.165, 1.54) is 0 Å². The van der Waals surface area contributed by atoms with Crippen molar-refractivity contribution in [3.05, 3.63) is 65.7 Å². The second kappa shape index (κ2) is 8.08. The fraction of sp³-hybridized carbons (Fsp3) is 0.278. The molecule has 0 aliphatic carbocycles. The number of rotatable bonds is 8. The van der Waals surface area contributed by atoms with Gasteiger partial charge in [-0.15, -0.1) is 0 Å². The van der Waals surface area contributed by atoms with Crippen molar-refractivity contribution in [1.82, 2.24) is 4.72 Å². The summed E-state index contributed by atoms with van der Waals surface area (Å²) in [5.41, 5.74) is 1.95. The van der Waals surface area contributed by atoms with Gasteiger partial charge in [0.1, 0.15) is 0 Å². The first-order valence-electron chi connectivity index (χ1n) is 7.74. The fourth-order valence-electron chi connectivity index (χ4n) is 2.30. The maximum absolute atomic E-state index is 12.1. The molecule has 5 nitrogen and oxygen atoms in total. The van der Waals surface area contributed by atoms with E-state index in [4.69, 9.17) is 5.11 Å². The fourth-order valence-corrected chi connectivity index (χ4v) is 3.35. The number of carboxylic acids is 1. The van der Waals surface area contributed by atoms with Gasteiger partial charge in [0, 0.05) is 6.54 Å². The molecule has 0 bridgehead atoms. The predicted molar refractivity (Wildman–Crippen MR) is 92.3 cm³/mol. The molecule has 0 aliphatic rings. The summed E-state index contributed by atoms with van der Waals surface area (Å²) >= 11 is 0. The van der Waals surface area contributed by atoms with E-state index in [0.29, 0.717) is 19.4 Å². The Hall–Kier alpha value is -2.18. The third-order valence-electron chi connectivity index (χ3n) is 3.75. The van der Waals surface area contributed by atoms with E-state index >= 15 is 0 Å². The van der Waals surface area contributed by atoms with E-state index in [1.54, 1.807) is 37.3 Å². The number of carboxylic acid groups (broad SMARTS) is 1. The van der Waals surface area contributed by atoms with Crippen LogP contribution in [0.3, 0.4) is 0 Å². The van der Waals surface area contributed by atoms with Gasteiger partial charge in [-0.05, 0) is 36.1 Å². The molecule has 0 saturated carbocycles. The number of carbonyl (C=O) groups is 1. The van der Waals surface area contributed by atoms with Gasteiger partial charge >= 0.3 is 5.97 Å². The third kappa shape index (κ3) is 5.18. The molecule has 2 rings (SSSR count). The number of nitrogens with one attached hydrogen (secondary N) is 1. The van der Waals surface area contributed by atoms with Gasteiger partial charge in [-0.25, -0.2) is 13.1 Å². The molecule has 0 radical (unpaired) electrons. The molecule has 128 valence electrons. The van der Waals surface area contributed by atoms with Gasteiger partial charge in [-0.3, -0.25) is 4.79 Å². The number of benzene rings is 2. The van der Waals surface area contributed by atoms with Crippen LogP contribution in [0.2, 0.25) is 0 Å². The van der Waals surface area contributed by atoms with Crippen LogP contribution in [0.25, 0.3) is 0 Å². The van der Waals surface area contributed by atoms with Gasteiger partial charge < -0.3 is 5.11 Å². The third-order valence-corrected chi connectivity index (χ3v) is 5.22. The van der Waals surface area contributed by atoms with Crippen molar-refractivity contribution in [2.24, 2.45) is 5.92 Å². The van der Waals surface area contributed by atoms with Gasteiger partial charge in [0.05, 0.1) is 10.8 Å². The summed E-state index contributed by atoms with van der Waals surface area (Å²) in [6.45, 7) is 1.98. The molecule has 0 spiro atoms. The first-order valence-corrected chi connectivity index (χ1v) is 9.22. The van der Waals surface area contributed by atoms with Crippen LogP contribution < -0.4 is 4.72 Å². The lowest BCUT2D eigenvalue weighted by Crippen LogP contribution is -2.25. The molecular formula is C18H21NO4S. The molecule has 1 atom stereocenters. The molecule has 2 aromatic carbocycles.